The molecule has 0 N–H and O–H groups in total. The Hall–Kier alpha value is -1.85. The molecule has 0 atom stereocenters. The van der Waals surface area contributed by atoms with Crippen molar-refractivity contribution in [2.75, 3.05) is 6.61 Å². The molecule has 1 fully saturated rings. The fraction of sp³-hybridized carbons (Fsp3) is 0.333. The summed E-state index contributed by atoms with van der Waals surface area (Å²) in [6.45, 7) is 3.85. The van der Waals surface area contributed by atoms with Gasteiger partial charge in [0.25, 0.3) is 0 Å². The van der Waals surface area contributed by atoms with E-state index in [4.69, 9.17) is 16.3 Å². The molecule has 1 aliphatic carbocycles. The maximum Gasteiger partial charge on any atom is 0.331 e. The van der Waals surface area contributed by atoms with Crippen molar-refractivity contribution in [3.63, 3.8) is 0 Å². The van der Waals surface area contributed by atoms with Gasteiger partial charge < -0.3 is 9.30 Å². The summed E-state index contributed by atoms with van der Waals surface area (Å²) in [4.78, 5) is 24.2. The Morgan fingerprint density at radius 1 is 1.38 bits per heavy atom. The lowest BCUT2D eigenvalue weighted by Crippen LogP contribution is -2.11. The highest BCUT2D eigenvalue weighted by molar-refractivity contribution is 7.18. The molecule has 1 saturated carbocycles. The second kappa shape index (κ2) is 6.95. The largest absolute Gasteiger partial charge is 0.454 e. The van der Waals surface area contributed by atoms with Crippen molar-refractivity contribution in [2.45, 2.75) is 32.7 Å². The smallest absolute Gasteiger partial charge is 0.331 e. The van der Waals surface area contributed by atoms with Crippen molar-refractivity contribution in [3.05, 3.63) is 50.4 Å². The molecule has 0 bridgehead atoms. The average molecular weight is 364 g/mol. The van der Waals surface area contributed by atoms with Gasteiger partial charge in [-0.3, -0.25) is 4.79 Å². The summed E-state index contributed by atoms with van der Waals surface area (Å²) in [6, 6.07) is 5.95. The molecule has 0 saturated heterocycles. The van der Waals surface area contributed by atoms with Gasteiger partial charge in [0.2, 0.25) is 5.78 Å². The highest BCUT2D eigenvalue weighted by Crippen LogP contribution is 2.38. The Bertz CT molecular complexity index is 814. The summed E-state index contributed by atoms with van der Waals surface area (Å²) in [5, 5.41) is 0. The molecule has 3 rings (SSSR count). The van der Waals surface area contributed by atoms with E-state index in [0.29, 0.717) is 15.3 Å². The molecule has 0 aliphatic heterocycles. The van der Waals surface area contributed by atoms with E-state index in [2.05, 4.69) is 24.5 Å². The number of aryl methyl sites for hydroxylation is 1. The second-order valence-corrected chi connectivity index (χ2v) is 7.61. The van der Waals surface area contributed by atoms with Crippen LogP contribution in [0.2, 0.25) is 4.34 Å². The maximum absolute atomic E-state index is 11.9. The van der Waals surface area contributed by atoms with Gasteiger partial charge in [-0.15, -0.1) is 11.3 Å². The zero-order chi connectivity index (χ0) is 17.3. The minimum Gasteiger partial charge on any atom is -0.454 e. The van der Waals surface area contributed by atoms with Crippen LogP contribution in [-0.4, -0.2) is 22.9 Å². The lowest BCUT2D eigenvalue weighted by molar-refractivity contribution is -0.136. The van der Waals surface area contributed by atoms with Crippen LogP contribution in [0.25, 0.3) is 6.08 Å². The zero-order valence-electron chi connectivity index (χ0n) is 13.5. The predicted octanol–water partition coefficient (Wildman–Crippen LogP) is 4.59. The number of Topliss-reactive ketones (excluding diaryl/α,β-unsaturated/α-hetero) is 1. The second-order valence-electron chi connectivity index (χ2n) is 5.90. The van der Waals surface area contributed by atoms with Crippen LogP contribution in [0, 0.1) is 13.8 Å². The Morgan fingerprint density at radius 2 is 2.12 bits per heavy atom. The van der Waals surface area contributed by atoms with Crippen molar-refractivity contribution in [2.24, 2.45) is 0 Å². The summed E-state index contributed by atoms with van der Waals surface area (Å²) >= 11 is 6.96. The minimum absolute atomic E-state index is 0.249. The van der Waals surface area contributed by atoms with Gasteiger partial charge in [-0.05, 0) is 56.5 Å². The fourth-order valence-corrected chi connectivity index (χ4v) is 3.71. The third-order valence-corrected chi connectivity index (χ3v) is 5.30. The lowest BCUT2D eigenvalue weighted by Gasteiger charge is -2.06. The quantitative estimate of drug-likeness (QED) is 0.428. The molecule has 24 heavy (non-hydrogen) atoms. The summed E-state index contributed by atoms with van der Waals surface area (Å²) in [6.07, 6.45) is 5.55. The van der Waals surface area contributed by atoms with E-state index in [9.17, 15) is 9.59 Å². The Kier molecular flexibility index (Phi) is 4.92. The van der Waals surface area contributed by atoms with Gasteiger partial charge in [0.05, 0.1) is 9.21 Å². The van der Waals surface area contributed by atoms with E-state index in [1.54, 1.807) is 18.2 Å². The SMILES string of the molecule is Cc1cc(/C=C/C(=O)OCC(=O)c2ccc(Cl)s2)c(C)n1C1CC1. The minimum atomic E-state index is -0.526. The van der Waals surface area contributed by atoms with Crippen molar-refractivity contribution in [1.82, 2.24) is 4.57 Å². The predicted molar refractivity (Wildman–Crippen MR) is 95.8 cm³/mol. The molecule has 126 valence electrons. The molecule has 0 amide bonds. The van der Waals surface area contributed by atoms with E-state index < -0.39 is 5.97 Å². The van der Waals surface area contributed by atoms with E-state index >= 15 is 0 Å². The van der Waals surface area contributed by atoms with Crippen LogP contribution in [0.4, 0.5) is 0 Å². The van der Waals surface area contributed by atoms with E-state index in [1.165, 1.54) is 35.9 Å². The average Bonchev–Trinajstić information content (AvgIpc) is 3.21. The van der Waals surface area contributed by atoms with Gasteiger partial charge in [0.15, 0.2) is 6.61 Å². The van der Waals surface area contributed by atoms with Crippen molar-refractivity contribution >= 4 is 40.8 Å². The number of thiophene rings is 1. The number of aromatic nitrogens is 1. The van der Waals surface area contributed by atoms with Crippen molar-refractivity contribution in [3.8, 4) is 0 Å². The molecule has 0 radical (unpaired) electrons. The molecule has 0 aromatic carbocycles. The fourth-order valence-electron chi connectivity index (χ4n) is 2.74. The van der Waals surface area contributed by atoms with Crippen molar-refractivity contribution < 1.29 is 14.3 Å². The Labute approximate surface area is 149 Å². The van der Waals surface area contributed by atoms with Crippen LogP contribution < -0.4 is 0 Å². The van der Waals surface area contributed by atoms with Crippen LogP contribution in [-0.2, 0) is 9.53 Å². The van der Waals surface area contributed by atoms with Crippen LogP contribution in [0.5, 0.6) is 0 Å². The summed E-state index contributed by atoms with van der Waals surface area (Å²) in [5.41, 5.74) is 3.36. The molecule has 6 heteroatoms. The molecule has 4 nitrogen and oxygen atoms in total. The topological polar surface area (TPSA) is 48.3 Å². The van der Waals surface area contributed by atoms with Gasteiger partial charge in [-0.2, -0.15) is 0 Å². The Morgan fingerprint density at radius 3 is 2.75 bits per heavy atom. The summed E-state index contributed by atoms with van der Waals surface area (Å²) < 4.78 is 7.86. The Balaban J connectivity index is 1.58. The van der Waals surface area contributed by atoms with Gasteiger partial charge in [0, 0.05) is 23.5 Å². The third kappa shape index (κ3) is 3.79. The van der Waals surface area contributed by atoms with E-state index in [1.807, 2.05) is 0 Å². The molecule has 0 spiro atoms. The molecule has 2 heterocycles. The first-order valence-electron chi connectivity index (χ1n) is 7.77. The monoisotopic (exact) mass is 363 g/mol. The number of nitrogens with zero attached hydrogens (tertiary/aromatic N) is 1. The summed E-state index contributed by atoms with van der Waals surface area (Å²) in [5.74, 6) is -0.775. The zero-order valence-corrected chi connectivity index (χ0v) is 15.1. The number of halogens is 1. The van der Waals surface area contributed by atoms with Gasteiger partial charge in [0.1, 0.15) is 0 Å². The normalized spacial score (nSPS) is 14.3. The number of rotatable bonds is 6. The molecular formula is C18H18ClNO3S. The van der Waals surface area contributed by atoms with Crippen LogP contribution in [0.1, 0.15) is 45.5 Å². The van der Waals surface area contributed by atoms with Crippen LogP contribution in [0.15, 0.2) is 24.3 Å². The highest BCUT2D eigenvalue weighted by Gasteiger charge is 2.26. The van der Waals surface area contributed by atoms with Gasteiger partial charge in [-0.25, -0.2) is 4.79 Å². The van der Waals surface area contributed by atoms with Crippen molar-refractivity contribution in [1.29, 1.82) is 0 Å². The first-order chi connectivity index (χ1) is 11.5. The summed E-state index contributed by atoms with van der Waals surface area (Å²) in [7, 11) is 0. The highest BCUT2D eigenvalue weighted by atomic mass is 35.5. The molecular weight excluding hydrogens is 346 g/mol. The number of esters is 1. The van der Waals surface area contributed by atoms with Gasteiger partial charge in [-0.1, -0.05) is 11.6 Å². The molecule has 2 aromatic heterocycles. The number of hydrogen-bond acceptors (Lipinski definition) is 4. The number of carbonyl (C=O) groups is 2. The van der Waals surface area contributed by atoms with E-state index in [0.717, 1.165) is 11.3 Å². The lowest BCUT2D eigenvalue weighted by atomic mass is 10.2. The van der Waals surface area contributed by atoms with Crippen LogP contribution in [0.3, 0.4) is 0 Å². The third-order valence-electron chi connectivity index (χ3n) is 4.03. The first kappa shape index (κ1) is 17.0. The maximum atomic E-state index is 11.9. The number of ketones is 1. The first-order valence-corrected chi connectivity index (χ1v) is 8.97. The van der Waals surface area contributed by atoms with E-state index in [-0.39, 0.29) is 12.4 Å². The van der Waals surface area contributed by atoms with Crippen LogP contribution >= 0.6 is 22.9 Å². The number of ether oxygens (including phenoxy) is 1. The molecule has 1 aliphatic rings. The number of carbonyl (C=O) groups excluding carboxylic acids is 2. The van der Waals surface area contributed by atoms with Gasteiger partial charge >= 0.3 is 5.97 Å². The molecule has 2 aromatic rings. The molecule has 0 unspecified atom stereocenters. The number of hydrogen-bond donors (Lipinski definition) is 0. The standard InChI is InChI=1S/C18H18ClNO3S/c1-11-9-13(12(2)20(11)14-4-5-14)3-8-18(22)23-10-15(21)16-6-7-17(19)24-16/h3,6-9,14H,4-5,10H2,1-2H3/b8-3+.